The molecule has 1 aromatic heterocycles. The molecule has 1 heterocycles. The smallest absolute Gasteiger partial charge is 0.305 e. The van der Waals surface area contributed by atoms with E-state index in [0.717, 1.165) is 29.0 Å². The minimum absolute atomic E-state index is 0.0129. The molecule has 1 rings (SSSR count). The molecule has 0 saturated heterocycles. The Balaban J connectivity index is 2.08. The van der Waals surface area contributed by atoms with Crippen molar-refractivity contribution in [2.75, 3.05) is 13.7 Å². The quantitative estimate of drug-likeness (QED) is 0.611. The van der Waals surface area contributed by atoms with Crippen molar-refractivity contribution in [2.24, 2.45) is 0 Å². The summed E-state index contributed by atoms with van der Waals surface area (Å²) >= 11 is 1.50. The standard InChI is InChI=1S/C13H19NO3S/c1-10-7-8-11(18-10)13(16)14-9-5-3-4-6-12(15)17-2/h7-8H,3-6,9H2,1-2H3,(H,14,16). The van der Waals surface area contributed by atoms with Crippen LogP contribution in [0.1, 0.15) is 40.2 Å². The van der Waals surface area contributed by atoms with Crippen LogP contribution >= 0.6 is 11.3 Å². The molecule has 1 aromatic rings. The number of aryl methyl sites for hydroxylation is 1. The molecular weight excluding hydrogens is 250 g/mol. The molecule has 4 nitrogen and oxygen atoms in total. The first-order chi connectivity index (χ1) is 8.63. The van der Waals surface area contributed by atoms with E-state index in [9.17, 15) is 9.59 Å². The van der Waals surface area contributed by atoms with Crippen LogP contribution in [0.5, 0.6) is 0 Å². The lowest BCUT2D eigenvalue weighted by Gasteiger charge is -2.03. The molecule has 1 amide bonds. The summed E-state index contributed by atoms with van der Waals surface area (Å²) in [7, 11) is 1.39. The molecule has 0 bridgehead atoms. The molecule has 5 heteroatoms. The molecule has 0 saturated carbocycles. The lowest BCUT2D eigenvalue weighted by molar-refractivity contribution is -0.140. The van der Waals surface area contributed by atoms with Gasteiger partial charge in [0.2, 0.25) is 0 Å². The van der Waals surface area contributed by atoms with Crippen molar-refractivity contribution in [3.05, 3.63) is 21.9 Å². The topological polar surface area (TPSA) is 55.4 Å². The summed E-state index contributed by atoms with van der Waals surface area (Å²) in [5, 5.41) is 2.87. The third kappa shape index (κ3) is 5.31. The van der Waals surface area contributed by atoms with Gasteiger partial charge in [-0.1, -0.05) is 6.42 Å². The van der Waals surface area contributed by atoms with Gasteiger partial charge in [0.15, 0.2) is 0 Å². The number of carbonyl (C=O) groups excluding carboxylic acids is 2. The van der Waals surface area contributed by atoms with Crippen LogP contribution in [0.3, 0.4) is 0 Å². The maximum atomic E-state index is 11.7. The van der Waals surface area contributed by atoms with Crippen molar-refractivity contribution < 1.29 is 14.3 Å². The third-order valence-corrected chi connectivity index (χ3v) is 3.53. The van der Waals surface area contributed by atoms with Crippen molar-refractivity contribution in [1.82, 2.24) is 5.32 Å². The Labute approximate surface area is 111 Å². The van der Waals surface area contributed by atoms with E-state index in [-0.39, 0.29) is 11.9 Å². The lowest BCUT2D eigenvalue weighted by atomic mass is 10.2. The summed E-state index contributed by atoms with van der Waals surface area (Å²) < 4.78 is 4.55. The van der Waals surface area contributed by atoms with E-state index in [1.807, 2.05) is 19.1 Å². The number of unbranched alkanes of at least 4 members (excludes halogenated alkanes) is 2. The second-order valence-electron chi connectivity index (χ2n) is 4.05. The number of rotatable bonds is 7. The highest BCUT2D eigenvalue weighted by molar-refractivity contribution is 7.13. The predicted octanol–water partition coefficient (Wildman–Crippen LogP) is 2.52. The minimum atomic E-state index is -0.173. The monoisotopic (exact) mass is 269 g/mol. The van der Waals surface area contributed by atoms with Crippen LogP contribution in [0.2, 0.25) is 0 Å². The first kappa shape index (κ1) is 14.7. The van der Waals surface area contributed by atoms with Gasteiger partial charge < -0.3 is 10.1 Å². The van der Waals surface area contributed by atoms with Crippen molar-refractivity contribution in [3.8, 4) is 0 Å². The van der Waals surface area contributed by atoms with Gasteiger partial charge in [0.25, 0.3) is 5.91 Å². The molecular formula is C13H19NO3S. The fourth-order valence-electron chi connectivity index (χ4n) is 1.52. The fourth-order valence-corrected chi connectivity index (χ4v) is 2.30. The fraction of sp³-hybridized carbons (Fsp3) is 0.538. The van der Waals surface area contributed by atoms with Gasteiger partial charge in [0.05, 0.1) is 12.0 Å². The van der Waals surface area contributed by atoms with Crippen LogP contribution in [0, 0.1) is 6.92 Å². The number of amides is 1. The normalized spacial score (nSPS) is 10.1. The number of nitrogens with one attached hydrogen (secondary N) is 1. The Morgan fingerprint density at radius 2 is 2.06 bits per heavy atom. The first-order valence-electron chi connectivity index (χ1n) is 6.05. The second kappa shape index (κ2) is 7.87. The Kier molecular flexibility index (Phi) is 6.43. The first-order valence-corrected chi connectivity index (χ1v) is 6.86. The molecule has 0 atom stereocenters. The largest absolute Gasteiger partial charge is 0.469 e. The molecule has 0 unspecified atom stereocenters. The Hall–Kier alpha value is -1.36. The molecule has 18 heavy (non-hydrogen) atoms. The molecule has 1 N–H and O–H groups in total. The molecule has 0 fully saturated rings. The summed E-state index contributed by atoms with van der Waals surface area (Å²) in [5.74, 6) is -0.186. The maximum absolute atomic E-state index is 11.7. The van der Waals surface area contributed by atoms with E-state index in [2.05, 4.69) is 10.1 Å². The number of carbonyl (C=O) groups is 2. The van der Waals surface area contributed by atoms with Crippen LogP contribution in [0.4, 0.5) is 0 Å². The van der Waals surface area contributed by atoms with Crippen LogP contribution in [-0.2, 0) is 9.53 Å². The van der Waals surface area contributed by atoms with Crippen LogP contribution in [0.25, 0.3) is 0 Å². The van der Waals surface area contributed by atoms with Crippen LogP contribution < -0.4 is 5.32 Å². The number of hydrogen-bond acceptors (Lipinski definition) is 4. The van der Waals surface area contributed by atoms with E-state index >= 15 is 0 Å². The average Bonchev–Trinajstić information content (AvgIpc) is 2.79. The molecule has 100 valence electrons. The molecule has 0 aliphatic rings. The SMILES string of the molecule is COC(=O)CCCCCNC(=O)c1ccc(C)s1. The summed E-state index contributed by atoms with van der Waals surface area (Å²) in [5.41, 5.74) is 0. The Morgan fingerprint density at radius 3 is 2.67 bits per heavy atom. The zero-order chi connectivity index (χ0) is 13.4. The molecule has 0 aliphatic heterocycles. The molecule has 0 radical (unpaired) electrons. The molecule has 0 aromatic carbocycles. The van der Waals surface area contributed by atoms with E-state index in [4.69, 9.17) is 0 Å². The van der Waals surface area contributed by atoms with E-state index in [1.54, 1.807) is 0 Å². The van der Waals surface area contributed by atoms with Crippen molar-refractivity contribution in [2.45, 2.75) is 32.6 Å². The highest BCUT2D eigenvalue weighted by Gasteiger charge is 2.06. The third-order valence-electron chi connectivity index (χ3n) is 2.54. The maximum Gasteiger partial charge on any atom is 0.305 e. The van der Waals surface area contributed by atoms with Crippen LogP contribution in [-0.4, -0.2) is 25.5 Å². The lowest BCUT2D eigenvalue weighted by Crippen LogP contribution is -2.23. The van der Waals surface area contributed by atoms with Gasteiger partial charge in [-0.2, -0.15) is 0 Å². The average molecular weight is 269 g/mol. The van der Waals surface area contributed by atoms with Gasteiger partial charge >= 0.3 is 5.97 Å². The van der Waals surface area contributed by atoms with Gasteiger partial charge in [0.1, 0.15) is 0 Å². The number of esters is 1. The van der Waals surface area contributed by atoms with E-state index in [1.165, 1.54) is 18.4 Å². The molecule has 0 spiro atoms. The number of ether oxygens (including phenoxy) is 1. The molecule has 0 aliphatic carbocycles. The number of thiophene rings is 1. The Bertz CT molecular complexity index is 401. The summed E-state index contributed by atoms with van der Waals surface area (Å²) in [6, 6.07) is 3.78. The summed E-state index contributed by atoms with van der Waals surface area (Å²) in [6.45, 7) is 2.63. The van der Waals surface area contributed by atoms with Gasteiger partial charge in [-0.3, -0.25) is 9.59 Å². The van der Waals surface area contributed by atoms with Crippen molar-refractivity contribution in [3.63, 3.8) is 0 Å². The highest BCUT2D eigenvalue weighted by atomic mass is 32.1. The van der Waals surface area contributed by atoms with Gasteiger partial charge in [-0.25, -0.2) is 0 Å². The van der Waals surface area contributed by atoms with Crippen LogP contribution in [0.15, 0.2) is 12.1 Å². The van der Waals surface area contributed by atoms with Crippen molar-refractivity contribution in [1.29, 1.82) is 0 Å². The zero-order valence-corrected chi connectivity index (χ0v) is 11.6. The van der Waals surface area contributed by atoms with Crippen molar-refractivity contribution >= 4 is 23.2 Å². The number of hydrogen-bond donors (Lipinski definition) is 1. The Morgan fingerprint density at radius 1 is 1.28 bits per heavy atom. The van der Waals surface area contributed by atoms with E-state index < -0.39 is 0 Å². The van der Waals surface area contributed by atoms with Gasteiger partial charge in [0, 0.05) is 17.8 Å². The van der Waals surface area contributed by atoms with Gasteiger partial charge in [-0.15, -0.1) is 11.3 Å². The minimum Gasteiger partial charge on any atom is -0.469 e. The highest BCUT2D eigenvalue weighted by Crippen LogP contribution is 2.14. The predicted molar refractivity (Wildman–Crippen MR) is 71.9 cm³/mol. The summed E-state index contributed by atoms with van der Waals surface area (Å²) in [6.07, 6.45) is 3.06. The second-order valence-corrected chi connectivity index (χ2v) is 5.34. The number of methoxy groups -OCH3 is 1. The summed E-state index contributed by atoms with van der Waals surface area (Å²) in [4.78, 5) is 24.4. The zero-order valence-electron chi connectivity index (χ0n) is 10.8. The van der Waals surface area contributed by atoms with Gasteiger partial charge in [-0.05, 0) is 31.9 Å². The van der Waals surface area contributed by atoms with E-state index in [0.29, 0.717) is 13.0 Å².